The Bertz CT molecular complexity index is 669. The average Bonchev–Trinajstić information content (AvgIpc) is 2.86. The number of rotatable bonds is 3. The first kappa shape index (κ1) is 12.9. The van der Waals surface area contributed by atoms with E-state index in [1.165, 1.54) is 41.8 Å². The SMILES string of the molecule is CC1(C)CC1Cn1cncc1-c1cccc2c1NCCC2. The highest BCUT2D eigenvalue weighted by Crippen LogP contribution is 2.52. The van der Waals surface area contributed by atoms with E-state index in [0.717, 1.165) is 19.0 Å². The van der Waals surface area contributed by atoms with Gasteiger partial charge in [0.2, 0.25) is 0 Å². The summed E-state index contributed by atoms with van der Waals surface area (Å²) in [5, 5.41) is 3.59. The smallest absolute Gasteiger partial charge is 0.0951 e. The van der Waals surface area contributed by atoms with E-state index in [4.69, 9.17) is 0 Å². The fourth-order valence-corrected chi connectivity index (χ4v) is 3.54. The molecule has 2 heterocycles. The summed E-state index contributed by atoms with van der Waals surface area (Å²) in [4.78, 5) is 4.41. The van der Waals surface area contributed by atoms with E-state index in [-0.39, 0.29) is 0 Å². The first-order valence-electron chi connectivity index (χ1n) is 8.01. The summed E-state index contributed by atoms with van der Waals surface area (Å²) in [7, 11) is 0. The zero-order valence-electron chi connectivity index (χ0n) is 12.9. The highest BCUT2D eigenvalue weighted by molar-refractivity contribution is 5.79. The van der Waals surface area contributed by atoms with Gasteiger partial charge in [0.1, 0.15) is 0 Å². The van der Waals surface area contributed by atoms with E-state index in [2.05, 4.69) is 46.9 Å². The lowest BCUT2D eigenvalue weighted by molar-refractivity contribution is 0.500. The molecule has 21 heavy (non-hydrogen) atoms. The molecule has 2 aliphatic rings. The van der Waals surface area contributed by atoms with Crippen molar-refractivity contribution in [1.29, 1.82) is 0 Å². The van der Waals surface area contributed by atoms with Crippen molar-refractivity contribution in [2.24, 2.45) is 11.3 Å². The molecule has 1 unspecified atom stereocenters. The van der Waals surface area contributed by atoms with Gasteiger partial charge in [0, 0.05) is 24.3 Å². The molecule has 1 atom stereocenters. The van der Waals surface area contributed by atoms with E-state index < -0.39 is 0 Å². The van der Waals surface area contributed by atoms with Gasteiger partial charge in [-0.2, -0.15) is 0 Å². The van der Waals surface area contributed by atoms with Crippen LogP contribution < -0.4 is 5.32 Å². The van der Waals surface area contributed by atoms with Crippen molar-refractivity contribution in [3.8, 4) is 11.3 Å². The molecule has 1 saturated carbocycles. The maximum absolute atomic E-state index is 4.41. The van der Waals surface area contributed by atoms with Crippen molar-refractivity contribution in [2.45, 2.75) is 39.7 Å². The van der Waals surface area contributed by atoms with Gasteiger partial charge in [-0.15, -0.1) is 0 Å². The molecule has 1 N–H and O–H groups in total. The van der Waals surface area contributed by atoms with E-state index in [9.17, 15) is 0 Å². The van der Waals surface area contributed by atoms with Crippen LogP contribution in [0.5, 0.6) is 0 Å². The Balaban J connectivity index is 1.70. The van der Waals surface area contributed by atoms with E-state index in [1.807, 2.05) is 12.5 Å². The minimum Gasteiger partial charge on any atom is -0.384 e. The summed E-state index contributed by atoms with van der Waals surface area (Å²) < 4.78 is 2.34. The molecule has 0 spiro atoms. The third-order valence-electron chi connectivity index (χ3n) is 5.20. The molecule has 110 valence electrons. The summed E-state index contributed by atoms with van der Waals surface area (Å²) in [6.45, 7) is 6.89. The summed E-state index contributed by atoms with van der Waals surface area (Å²) in [5.74, 6) is 0.790. The third-order valence-corrected chi connectivity index (χ3v) is 5.20. The van der Waals surface area contributed by atoms with Gasteiger partial charge in [-0.25, -0.2) is 4.98 Å². The lowest BCUT2D eigenvalue weighted by atomic mass is 9.98. The largest absolute Gasteiger partial charge is 0.384 e. The van der Waals surface area contributed by atoms with Crippen LogP contribution in [0.25, 0.3) is 11.3 Å². The minimum atomic E-state index is 0.510. The van der Waals surface area contributed by atoms with Crippen molar-refractivity contribution in [1.82, 2.24) is 9.55 Å². The molecule has 3 nitrogen and oxygen atoms in total. The van der Waals surface area contributed by atoms with Crippen LogP contribution in [0.4, 0.5) is 5.69 Å². The number of nitrogens with one attached hydrogen (secondary N) is 1. The summed E-state index contributed by atoms with van der Waals surface area (Å²) in [6, 6.07) is 6.65. The van der Waals surface area contributed by atoms with Gasteiger partial charge < -0.3 is 9.88 Å². The van der Waals surface area contributed by atoms with Crippen LogP contribution >= 0.6 is 0 Å². The Morgan fingerprint density at radius 1 is 1.38 bits per heavy atom. The topological polar surface area (TPSA) is 29.9 Å². The Labute approximate surface area is 126 Å². The fraction of sp³-hybridized carbons (Fsp3) is 0.500. The minimum absolute atomic E-state index is 0.510. The van der Waals surface area contributed by atoms with Gasteiger partial charge in [-0.1, -0.05) is 32.0 Å². The Kier molecular flexibility index (Phi) is 2.84. The Morgan fingerprint density at radius 2 is 2.24 bits per heavy atom. The second kappa shape index (κ2) is 4.62. The number of anilines is 1. The Morgan fingerprint density at radius 3 is 3.05 bits per heavy atom. The average molecular weight is 281 g/mol. The number of benzene rings is 1. The van der Waals surface area contributed by atoms with Crippen molar-refractivity contribution in [3.63, 3.8) is 0 Å². The number of aromatic nitrogens is 2. The monoisotopic (exact) mass is 281 g/mol. The molecule has 1 aromatic carbocycles. The highest BCUT2D eigenvalue weighted by atomic mass is 15.1. The number of nitrogens with zero attached hydrogens (tertiary/aromatic N) is 2. The molecule has 4 rings (SSSR count). The van der Waals surface area contributed by atoms with Gasteiger partial charge in [0.05, 0.1) is 18.2 Å². The molecule has 1 aliphatic carbocycles. The molecule has 0 radical (unpaired) electrons. The van der Waals surface area contributed by atoms with E-state index in [1.54, 1.807) is 0 Å². The Hall–Kier alpha value is -1.77. The van der Waals surface area contributed by atoms with Crippen LogP contribution in [0.3, 0.4) is 0 Å². The maximum Gasteiger partial charge on any atom is 0.0951 e. The molecular weight excluding hydrogens is 258 g/mol. The molecule has 2 aromatic rings. The fourth-order valence-electron chi connectivity index (χ4n) is 3.54. The highest BCUT2D eigenvalue weighted by Gasteiger charge is 2.45. The quantitative estimate of drug-likeness (QED) is 0.923. The van der Waals surface area contributed by atoms with Gasteiger partial charge in [-0.3, -0.25) is 0 Å². The third kappa shape index (κ3) is 2.25. The van der Waals surface area contributed by atoms with Gasteiger partial charge in [-0.05, 0) is 36.2 Å². The number of para-hydroxylation sites is 1. The van der Waals surface area contributed by atoms with Crippen LogP contribution in [0.1, 0.15) is 32.3 Å². The molecule has 3 heteroatoms. The van der Waals surface area contributed by atoms with E-state index in [0.29, 0.717) is 5.41 Å². The molecule has 0 saturated heterocycles. The molecule has 0 amide bonds. The second-order valence-electron chi connectivity index (χ2n) is 7.19. The van der Waals surface area contributed by atoms with Crippen LogP contribution in [0.15, 0.2) is 30.7 Å². The predicted octanol–water partition coefficient (Wildman–Crippen LogP) is 3.95. The standard InChI is InChI=1S/C18H23N3/c1-18(2)9-14(18)11-21-12-19-10-16(21)15-7-3-5-13-6-4-8-20-17(13)15/h3,5,7,10,12,14,20H,4,6,8-9,11H2,1-2H3. The van der Waals surface area contributed by atoms with Crippen LogP contribution in [-0.4, -0.2) is 16.1 Å². The van der Waals surface area contributed by atoms with Crippen molar-refractivity contribution < 1.29 is 0 Å². The van der Waals surface area contributed by atoms with Gasteiger partial charge in [0.25, 0.3) is 0 Å². The van der Waals surface area contributed by atoms with Gasteiger partial charge in [0.15, 0.2) is 0 Å². The number of aryl methyl sites for hydroxylation is 1. The predicted molar refractivity (Wildman–Crippen MR) is 86.4 cm³/mol. The second-order valence-corrected chi connectivity index (χ2v) is 7.19. The molecule has 1 aliphatic heterocycles. The lowest BCUT2D eigenvalue weighted by Gasteiger charge is -2.22. The molecular formula is C18H23N3. The normalized spacial score (nSPS) is 22.5. The molecule has 1 fully saturated rings. The maximum atomic E-state index is 4.41. The van der Waals surface area contributed by atoms with Crippen molar-refractivity contribution in [2.75, 3.05) is 11.9 Å². The zero-order chi connectivity index (χ0) is 14.4. The van der Waals surface area contributed by atoms with Crippen LogP contribution in [0.2, 0.25) is 0 Å². The molecule has 1 aromatic heterocycles. The number of hydrogen-bond donors (Lipinski definition) is 1. The summed E-state index contributed by atoms with van der Waals surface area (Å²) in [5.41, 5.74) is 5.83. The van der Waals surface area contributed by atoms with Crippen LogP contribution in [0, 0.1) is 11.3 Å². The number of hydrogen-bond acceptors (Lipinski definition) is 2. The van der Waals surface area contributed by atoms with Crippen molar-refractivity contribution in [3.05, 3.63) is 36.3 Å². The number of fused-ring (bicyclic) bond motifs is 1. The zero-order valence-corrected chi connectivity index (χ0v) is 12.9. The van der Waals surface area contributed by atoms with Crippen molar-refractivity contribution >= 4 is 5.69 Å². The number of imidazole rings is 1. The molecule has 0 bridgehead atoms. The first-order chi connectivity index (χ1) is 10.1. The van der Waals surface area contributed by atoms with E-state index >= 15 is 0 Å². The summed E-state index contributed by atoms with van der Waals surface area (Å²) >= 11 is 0. The lowest BCUT2D eigenvalue weighted by Crippen LogP contribution is -2.13. The van der Waals surface area contributed by atoms with Crippen LogP contribution in [-0.2, 0) is 13.0 Å². The van der Waals surface area contributed by atoms with Gasteiger partial charge >= 0.3 is 0 Å². The first-order valence-corrected chi connectivity index (χ1v) is 8.01. The summed E-state index contributed by atoms with van der Waals surface area (Å²) in [6.07, 6.45) is 7.74.